The smallest absolute Gasteiger partial charge is 0.325 e. The van der Waals surface area contributed by atoms with E-state index in [0.717, 1.165) is 16.9 Å². The van der Waals surface area contributed by atoms with E-state index in [2.05, 4.69) is 45.3 Å². The Bertz CT molecular complexity index is 719. The van der Waals surface area contributed by atoms with Crippen molar-refractivity contribution < 1.29 is 14.4 Å². The van der Waals surface area contributed by atoms with Crippen molar-refractivity contribution in [3.63, 3.8) is 0 Å². The van der Waals surface area contributed by atoms with E-state index < -0.39 is 17.5 Å². The molecular formula is C21H31N3O3. The van der Waals surface area contributed by atoms with E-state index in [1.165, 1.54) is 0 Å². The van der Waals surface area contributed by atoms with Gasteiger partial charge in [0.1, 0.15) is 12.1 Å². The molecule has 1 fully saturated rings. The van der Waals surface area contributed by atoms with Crippen LogP contribution in [0.2, 0.25) is 0 Å². The van der Waals surface area contributed by atoms with Gasteiger partial charge >= 0.3 is 6.03 Å². The minimum Gasteiger partial charge on any atom is -0.325 e. The van der Waals surface area contributed by atoms with Crippen molar-refractivity contribution in [3.05, 3.63) is 29.8 Å². The molecule has 2 rings (SSSR count). The largest absolute Gasteiger partial charge is 0.325 e. The Kier molecular flexibility index (Phi) is 5.97. The summed E-state index contributed by atoms with van der Waals surface area (Å²) in [6.07, 6.45) is 1.38. The maximum Gasteiger partial charge on any atom is 0.325 e. The van der Waals surface area contributed by atoms with Gasteiger partial charge in [0.15, 0.2) is 0 Å². The van der Waals surface area contributed by atoms with Crippen LogP contribution in [0, 0.1) is 5.92 Å². The van der Waals surface area contributed by atoms with E-state index in [1.807, 2.05) is 24.3 Å². The van der Waals surface area contributed by atoms with E-state index >= 15 is 0 Å². The summed E-state index contributed by atoms with van der Waals surface area (Å²) >= 11 is 0. The first kappa shape index (κ1) is 20.9. The predicted octanol–water partition coefficient (Wildman–Crippen LogP) is 3.67. The number of nitrogens with zero attached hydrogens (tertiary/aromatic N) is 1. The summed E-state index contributed by atoms with van der Waals surface area (Å²) in [5.74, 6) is -0.304. The third-order valence-corrected chi connectivity index (χ3v) is 4.90. The first-order chi connectivity index (χ1) is 12.4. The highest BCUT2D eigenvalue weighted by Gasteiger charge is 2.47. The van der Waals surface area contributed by atoms with E-state index in [4.69, 9.17) is 0 Å². The van der Waals surface area contributed by atoms with Crippen molar-refractivity contribution in [2.45, 2.75) is 65.3 Å². The molecule has 0 saturated carbocycles. The number of nitrogens with one attached hydrogen (secondary N) is 2. The monoisotopic (exact) mass is 373 g/mol. The van der Waals surface area contributed by atoms with Crippen LogP contribution in [0.4, 0.5) is 10.5 Å². The van der Waals surface area contributed by atoms with Crippen LogP contribution in [-0.4, -0.2) is 34.8 Å². The maximum atomic E-state index is 12.7. The number of hydrogen-bond acceptors (Lipinski definition) is 3. The van der Waals surface area contributed by atoms with Crippen LogP contribution < -0.4 is 10.6 Å². The van der Waals surface area contributed by atoms with Crippen molar-refractivity contribution in [1.29, 1.82) is 0 Å². The Hall–Kier alpha value is -2.37. The van der Waals surface area contributed by atoms with Crippen LogP contribution in [0.25, 0.3) is 0 Å². The van der Waals surface area contributed by atoms with Gasteiger partial charge in [-0.05, 0) is 48.8 Å². The first-order valence-electron chi connectivity index (χ1n) is 9.47. The summed E-state index contributed by atoms with van der Waals surface area (Å²) in [5, 5.41) is 5.49. The number of carbonyl (C=O) groups is 3. The summed E-state index contributed by atoms with van der Waals surface area (Å²) < 4.78 is 0. The van der Waals surface area contributed by atoms with Gasteiger partial charge in [0.05, 0.1) is 0 Å². The zero-order valence-electron chi connectivity index (χ0n) is 17.2. The average molecular weight is 373 g/mol. The van der Waals surface area contributed by atoms with E-state index in [9.17, 15) is 14.4 Å². The molecular weight excluding hydrogens is 342 g/mol. The highest BCUT2D eigenvalue weighted by atomic mass is 16.2. The third-order valence-electron chi connectivity index (χ3n) is 4.90. The van der Waals surface area contributed by atoms with E-state index in [1.54, 1.807) is 6.92 Å². The fourth-order valence-electron chi connectivity index (χ4n) is 3.04. The third kappa shape index (κ3) is 5.08. The lowest BCUT2D eigenvalue weighted by Gasteiger charge is -2.22. The number of imide groups is 1. The van der Waals surface area contributed by atoms with Crippen LogP contribution in [0.5, 0.6) is 0 Å². The SMILES string of the molecule is CC(C)CC[C@]1(C)NC(=O)N(CC(=O)Nc2ccc(C(C)(C)C)cc2)C1=O. The van der Waals surface area contributed by atoms with Gasteiger partial charge < -0.3 is 10.6 Å². The predicted molar refractivity (Wildman–Crippen MR) is 106 cm³/mol. The second-order valence-electron chi connectivity index (χ2n) is 8.96. The van der Waals surface area contributed by atoms with Crippen LogP contribution in [0.15, 0.2) is 24.3 Å². The van der Waals surface area contributed by atoms with Gasteiger partial charge in [0.25, 0.3) is 5.91 Å². The molecule has 1 saturated heterocycles. The minimum absolute atomic E-state index is 0.0308. The molecule has 1 aromatic rings. The van der Waals surface area contributed by atoms with Gasteiger partial charge in [-0.25, -0.2) is 4.79 Å². The zero-order valence-corrected chi connectivity index (χ0v) is 17.2. The summed E-state index contributed by atoms with van der Waals surface area (Å²) in [5.41, 5.74) is 0.900. The molecule has 6 heteroatoms. The zero-order chi connectivity index (χ0) is 20.4. The lowest BCUT2D eigenvalue weighted by atomic mass is 9.87. The molecule has 2 N–H and O–H groups in total. The van der Waals surface area contributed by atoms with E-state index in [-0.39, 0.29) is 17.9 Å². The molecule has 0 radical (unpaired) electrons. The Morgan fingerprint density at radius 2 is 1.78 bits per heavy atom. The molecule has 1 atom stereocenters. The van der Waals surface area contributed by atoms with Gasteiger partial charge in [-0.1, -0.05) is 46.8 Å². The van der Waals surface area contributed by atoms with Gasteiger partial charge in [0, 0.05) is 5.69 Å². The lowest BCUT2D eigenvalue weighted by Crippen LogP contribution is -2.44. The molecule has 0 unspecified atom stereocenters. The van der Waals surface area contributed by atoms with Gasteiger partial charge in [-0.3, -0.25) is 14.5 Å². The normalized spacial score (nSPS) is 20.2. The Labute approximate surface area is 161 Å². The molecule has 0 aliphatic carbocycles. The number of anilines is 1. The molecule has 148 valence electrons. The molecule has 0 aromatic heterocycles. The van der Waals surface area contributed by atoms with Crippen LogP contribution in [0.3, 0.4) is 0 Å². The molecule has 27 heavy (non-hydrogen) atoms. The van der Waals surface area contributed by atoms with Crippen LogP contribution >= 0.6 is 0 Å². The molecule has 1 heterocycles. The first-order valence-corrected chi connectivity index (χ1v) is 9.47. The fraction of sp³-hybridized carbons (Fsp3) is 0.571. The Morgan fingerprint density at radius 1 is 1.19 bits per heavy atom. The minimum atomic E-state index is -0.935. The van der Waals surface area contributed by atoms with Crippen molar-refractivity contribution >= 4 is 23.5 Å². The van der Waals surface area contributed by atoms with E-state index in [0.29, 0.717) is 18.0 Å². The Morgan fingerprint density at radius 3 is 2.30 bits per heavy atom. The molecule has 1 aliphatic rings. The molecule has 1 aromatic carbocycles. The highest BCUT2D eigenvalue weighted by molar-refractivity contribution is 6.09. The topological polar surface area (TPSA) is 78.5 Å². The standard InChI is InChI=1S/C21H31N3O3/c1-14(2)11-12-21(6)18(26)24(19(27)23-21)13-17(25)22-16-9-7-15(8-10-16)20(3,4)5/h7-10,14H,11-13H2,1-6H3,(H,22,25)(H,23,27)/t21-/m0/s1. The lowest BCUT2D eigenvalue weighted by molar-refractivity contribution is -0.133. The summed E-state index contributed by atoms with van der Waals surface area (Å²) in [6.45, 7) is 11.9. The van der Waals surface area contributed by atoms with Crippen molar-refractivity contribution in [1.82, 2.24) is 10.2 Å². The highest BCUT2D eigenvalue weighted by Crippen LogP contribution is 2.25. The second-order valence-corrected chi connectivity index (χ2v) is 8.96. The number of rotatable bonds is 6. The van der Waals surface area contributed by atoms with Crippen molar-refractivity contribution in [2.24, 2.45) is 5.92 Å². The number of amides is 4. The molecule has 4 amide bonds. The second kappa shape index (κ2) is 7.71. The summed E-state index contributed by atoms with van der Waals surface area (Å²) in [6, 6.07) is 7.08. The maximum absolute atomic E-state index is 12.7. The fourth-order valence-corrected chi connectivity index (χ4v) is 3.04. The van der Waals surface area contributed by atoms with Gasteiger partial charge in [0.2, 0.25) is 5.91 Å². The van der Waals surface area contributed by atoms with Crippen LogP contribution in [0.1, 0.15) is 59.9 Å². The summed E-state index contributed by atoms with van der Waals surface area (Å²) in [4.78, 5) is 38.2. The number of benzene rings is 1. The molecule has 0 bridgehead atoms. The molecule has 0 spiro atoms. The summed E-state index contributed by atoms with van der Waals surface area (Å²) in [7, 11) is 0. The van der Waals surface area contributed by atoms with Crippen LogP contribution in [-0.2, 0) is 15.0 Å². The van der Waals surface area contributed by atoms with Gasteiger partial charge in [-0.15, -0.1) is 0 Å². The number of carbonyl (C=O) groups excluding carboxylic acids is 3. The van der Waals surface area contributed by atoms with Crippen molar-refractivity contribution in [3.8, 4) is 0 Å². The van der Waals surface area contributed by atoms with Crippen molar-refractivity contribution in [2.75, 3.05) is 11.9 Å². The van der Waals surface area contributed by atoms with Gasteiger partial charge in [-0.2, -0.15) is 0 Å². The molecule has 1 aliphatic heterocycles. The average Bonchev–Trinajstić information content (AvgIpc) is 2.76. The Balaban J connectivity index is 1.99. The quantitative estimate of drug-likeness (QED) is 0.747. The number of hydrogen-bond donors (Lipinski definition) is 2. The number of urea groups is 1. The molecule has 6 nitrogen and oxygen atoms in total.